The minimum Gasteiger partial charge on any atom is -0.463 e. The number of ether oxygens (including phenoxy) is 1. The third-order valence-electron chi connectivity index (χ3n) is 2.99. The molecule has 0 bridgehead atoms. The van der Waals surface area contributed by atoms with Gasteiger partial charge in [0.1, 0.15) is 0 Å². The standard InChI is InChI=1S/C15H21N5O/c1-4-9-21-15-19-13(16)18-14(20-15)17-11(3)12-7-5-10(2)6-8-12/h5-8,11H,4,9H2,1-3H3,(H3,16,17,18,19,20). The number of benzene rings is 1. The van der Waals surface area contributed by atoms with E-state index < -0.39 is 0 Å². The van der Waals surface area contributed by atoms with E-state index in [1.807, 2.05) is 13.8 Å². The first-order valence-electron chi connectivity index (χ1n) is 7.06. The van der Waals surface area contributed by atoms with E-state index in [0.717, 1.165) is 12.0 Å². The van der Waals surface area contributed by atoms with Crippen LogP contribution in [0.2, 0.25) is 0 Å². The molecule has 0 saturated carbocycles. The molecule has 1 aromatic heterocycles. The number of aromatic nitrogens is 3. The van der Waals surface area contributed by atoms with Crippen molar-refractivity contribution >= 4 is 11.9 Å². The molecule has 6 heteroatoms. The molecule has 0 fully saturated rings. The lowest BCUT2D eigenvalue weighted by atomic mass is 10.1. The fraction of sp³-hybridized carbons (Fsp3) is 0.400. The van der Waals surface area contributed by atoms with Gasteiger partial charge in [0.2, 0.25) is 11.9 Å². The first kappa shape index (κ1) is 15.0. The van der Waals surface area contributed by atoms with Gasteiger partial charge in [-0.2, -0.15) is 15.0 Å². The van der Waals surface area contributed by atoms with Crippen LogP contribution in [-0.4, -0.2) is 21.6 Å². The van der Waals surface area contributed by atoms with Gasteiger partial charge < -0.3 is 15.8 Å². The molecular weight excluding hydrogens is 266 g/mol. The molecule has 1 atom stereocenters. The van der Waals surface area contributed by atoms with Crippen molar-refractivity contribution in [2.45, 2.75) is 33.2 Å². The molecule has 2 aromatic rings. The molecule has 0 aliphatic heterocycles. The van der Waals surface area contributed by atoms with E-state index in [9.17, 15) is 0 Å². The first-order valence-corrected chi connectivity index (χ1v) is 7.06. The molecule has 0 spiro atoms. The van der Waals surface area contributed by atoms with Crippen LogP contribution in [0.5, 0.6) is 6.01 Å². The highest BCUT2D eigenvalue weighted by Crippen LogP contribution is 2.18. The summed E-state index contributed by atoms with van der Waals surface area (Å²) in [4.78, 5) is 12.3. The molecule has 3 N–H and O–H groups in total. The summed E-state index contributed by atoms with van der Waals surface area (Å²) in [6.45, 7) is 6.67. The van der Waals surface area contributed by atoms with Crippen molar-refractivity contribution in [3.8, 4) is 6.01 Å². The third-order valence-corrected chi connectivity index (χ3v) is 2.99. The number of anilines is 2. The van der Waals surface area contributed by atoms with Crippen LogP contribution in [0.15, 0.2) is 24.3 Å². The Morgan fingerprint density at radius 3 is 2.57 bits per heavy atom. The van der Waals surface area contributed by atoms with Crippen molar-refractivity contribution in [1.82, 2.24) is 15.0 Å². The van der Waals surface area contributed by atoms with Crippen molar-refractivity contribution in [3.63, 3.8) is 0 Å². The summed E-state index contributed by atoms with van der Waals surface area (Å²) in [6.07, 6.45) is 0.883. The van der Waals surface area contributed by atoms with Crippen LogP contribution < -0.4 is 15.8 Å². The first-order chi connectivity index (χ1) is 10.1. The number of rotatable bonds is 6. The van der Waals surface area contributed by atoms with Crippen LogP contribution in [0.25, 0.3) is 0 Å². The van der Waals surface area contributed by atoms with E-state index in [1.165, 1.54) is 5.56 Å². The van der Waals surface area contributed by atoms with E-state index in [0.29, 0.717) is 12.6 Å². The van der Waals surface area contributed by atoms with Crippen molar-refractivity contribution < 1.29 is 4.74 Å². The highest BCUT2D eigenvalue weighted by molar-refractivity contribution is 5.36. The minimum absolute atomic E-state index is 0.0615. The summed E-state index contributed by atoms with van der Waals surface area (Å²) in [7, 11) is 0. The van der Waals surface area contributed by atoms with Crippen molar-refractivity contribution in [2.24, 2.45) is 0 Å². The van der Waals surface area contributed by atoms with Gasteiger partial charge in [0, 0.05) is 0 Å². The predicted molar refractivity (Wildman–Crippen MR) is 83.2 cm³/mol. The van der Waals surface area contributed by atoms with Gasteiger partial charge in [-0.25, -0.2) is 0 Å². The highest BCUT2D eigenvalue weighted by atomic mass is 16.5. The number of hydrogen-bond donors (Lipinski definition) is 2. The number of hydrogen-bond acceptors (Lipinski definition) is 6. The summed E-state index contributed by atoms with van der Waals surface area (Å²) in [5, 5.41) is 3.21. The van der Waals surface area contributed by atoms with Crippen LogP contribution in [0, 0.1) is 6.92 Å². The molecule has 2 rings (SSSR count). The van der Waals surface area contributed by atoms with E-state index >= 15 is 0 Å². The Bertz CT molecular complexity index is 585. The molecule has 0 aliphatic carbocycles. The normalized spacial score (nSPS) is 12.0. The van der Waals surface area contributed by atoms with E-state index in [2.05, 4.69) is 51.5 Å². The second-order valence-electron chi connectivity index (χ2n) is 4.92. The molecule has 0 radical (unpaired) electrons. The lowest BCUT2D eigenvalue weighted by Crippen LogP contribution is -2.12. The Balaban J connectivity index is 2.10. The van der Waals surface area contributed by atoms with Crippen LogP contribution in [-0.2, 0) is 0 Å². The Kier molecular flexibility index (Phi) is 4.92. The number of nitrogens with zero attached hydrogens (tertiary/aromatic N) is 3. The molecule has 1 unspecified atom stereocenters. The summed E-state index contributed by atoms with van der Waals surface area (Å²) in [5.74, 6) is 0.566. The zero-order chi connectivity index (χ0) is 15.2. The number of nitrogens with two attached hydrogens (primary N) is 1. The van der Waals surface area contributed by atoms with Crippen LogP contribution in [0.4, 0.5) is 11.9 Å². The molecule has 0 amide bonds. The maximum absolute atomic E-state index is 5.68. The predicted octanol–water partition coefficient (Wildman–Crippen LogP) is 2.72. The summed E-state index contributed by atoms with van der Waals surface area (Å²) in [5.41, 5.74) is 8.06. The smallest absolute Gasteiger partial charge is 0.323 e. The van der Waals surface area contributed by atoms with E-state index in [1.54, 1.807) is 0 Å². The Morgan fingerprint density at radius 2 is 1.90 bits per heavy atom. The quantitative estimate of drug-likeness (QED) is 0.849. The number of aryl methyl sites for hydroxylation is 1. The van der Waals surface area contributed by atoms with Gasteiger partial charge in [-0.3, -0.25) is 0 Å². The van der Waals surface area contributed by atoms with E-state index in [4.69, 9.17) is 10.5 Å². The molecule has 0 aliphatic rings. The average molecular weight is 287 g/mol. The molecule has 0 saturated heterocycles. The van der Waals surface area contributed by atoms with Gasteiger partial charge in [0.05, 0.1) is 12.6 Å². The second kappa shape index (κ2) is 6.88. The second-order valence-corrected chi connectivity index (χ2v) is 4.92. The van der Waals surface area contributed by atoms with Crippen LogP contribution >= 0.6 is 0 Å². The van der Waals surface area contributed by atoms with Crippen molar-refractivity contribution in [3.05, 3.63) is 35.4 Å². The number of nitrogen functional groups attached to an aromatic ring is 1. The van der Waals surface area contributed by atoms with Crippen LogP contribution in [0.3, 0.4) is 0 Å². The molecule has 1 aromatic carbocycles. The molecule has 21 heavy (non-hydrogen) atoms. The van der Waals surface area contributed by atoms with Crippen molar-refractivity contribution in [2.75, 3.05) is 17.7 Å². The summed E-state index contributed by atoms with van der Waals surface area (Å²) in [6, 6.07) is 8.61. The monoisotopic (exact) mass is 287 g/mol. The van der Waals surface area contributed by atoms with Gasteiger partial charge >= 0.3 is 6.01 Å². The molecule has 6 nitrogen and oxygen atoms in total. The fourth-order valence-corrected chi connectivity index (χ4v) is 1.83. The van der Waals surface area contributed by atoms with Gasteiger partial charge in [0.25, 0.3) is 0 Å². The van der Waals surface area contributed by atoms with E-state index in [-0.39, 0.29) is 18.0 Å². The topological polar surface area (TPSA) is 86.0 Å². The lowest BCUT2D eigenvalue weighted by molar-refractivity contribution is 0.292. The van der Waals surface area contributed by atoms with Gasteiger partial charge in [-0.15, -0.1) is 0 Å². The third kappa shape index (κ3) is 4.30. The van der Waals surface area contributed by atoms with Gasteiger partial charge in [-0.05, 0) is 25.8 Å². The minimum atomic E-state index is 0.0615. The Morgan fingerprint density at radius 1 is 1.19 bits per heavy atom. The highest BCUT2D eigenvalue weighted by Gasteiger charge is 2.10. The molecule has 1 heterocycles. The summed E-state index contributed by atoms with van der Waals surface area (Å²) < 4.78 is 5.40. The van der Waals surface area contributed by atoms with Gasteiger partial charge in [0.15, 0.2) is 0 Å². The van der Waals surface area contributed by atoms with Gasteiger partial charge in [-0.1, -0.05) is 36.8 Å². The molecular formula is C15H21N5O. The zero-order valence-electron chi connectivity index (χ0n) is 12.6. The Labute approximate surface area is 124 Å². The zero-order valence-corrected chi connectivity index (χ0v) is 12.6. The maximum Gasteiger partial charge on any atom is 0.323 e. The number of nitrogens with one attached hydrogen (secondary N) is 1. The largest absolute Gasteiger partial charge is 0.463 e. The maximum atomic E-state index is 5.68. The molecule has 112 valence electrons. The average Bonchev–Trinajstić information content (AvgIpc) is 2.45. The van der Waals surface area contributed by atoms with Crippen molar-refractivity contribution in [1.29, 1.82) is 0 Å². The lowest BCUT2D eigenvalue weighted by Gasteiger charge is -2.15. The fourth-order valence-electron chi connectivity index (χ4n) is 1.83. The summed E-state index contributed by atoms with van der Waals surface area (Å²) >= 11 is 0. The SMILES string of the molecule is CCCOc1nc(N)nc(NC(C)c2ccc(C)cc2)n1. The Hall–Kier alpha value is -2.37. The van der Waals surface area contributed by atoms with Crippen LogP contribution in [0.1, 0.15) is 37.4 Å².